The highest BCUT2D eigenvalue weighted by Gasteiger charge is 2.15. The summed E-state index contributed by atoms with van der Waals surface area (Å²) in [6.45, 7) is 5.18. The molecule has 0 radical (unpaired) electrons. The van der Waals surface area contributed by atoms with Crippen LogP contribution in [0.25, 0.3) is 11.6 Å². The fourth-order valence-corrected chi connectivity index (χ4v) is 2.51. The van der Waals surface area contributed by atoms with Gasteiger partial charge in [0.15, 0.2) is 0 Å². The fraction of sp³-hybridized carbons (Fsp3) is 0.412. The summed E-state index contributed by atoms with van der Waals surface area (Å²) >= 11 is 0. The average Bonchev–Trinajstić information content (AvgIpc) is 3.33. The molecule has 3 heterocycles. The molecular formula is C17H21N5O3. The van der Waals surface area contributed by atoms with E-state index in [2.05, 4.69) is 20.6 Å². The predicted octanol–water partition coefficient (Wildman–Crippen LogP) is 2.15. The molecule has 0 atom stereocenters. The molecule has 3 aromatic rings. The predicted molar refractivity (Wildman–Crippen MR) is 89.7 cm³/mol. The van der Waals surface area contributed by atoms with Crippen LogP contribution in [0.3, 0.4) is 0 Å². The molecular weight excluding hydrogens is 322 g/mol. The lowest BCUT2D eigenvalue weighted by Gasteiger charge is -2.02. The molecule has 0 bridgehead atoms. The number of hydrogen-bond donors (Lipinski definition) is 1. The number of nitrogens with one attached hydrogen (secondary N) is 1. The maximum atomic E-state index is 11.9. The van der Waals surface area contributed by atoms with Crippen LogP contribution in [0.1, 0.15) is 30.7 Å². The zero-order chi connectivity index (χ0) is 17.6. The van der Waals surface area contributed by atoms with Gasteiger partial charge in [-0.25, -0.2) is 0 Å². The second kappa shape index (κ2) is 7.78. The van der Waals surface area contributed by atoms with Gasteiger partial charge in [0.1, 0.15) is 11.5 Å². The van der Waals surface area contributed by atoms with Crippen LogP contribution >= 0.6 is 0 Å². The highest BCUT2D eigenvalue weighted by molar-refractivity contribution is 5.76. The second-order valence-electron chi connectivity index (χ2n) is 5.67. The quantitative estimate of drug-likeness (QED) is 0.673. The van der Waals surface area contributed by atoms with Crippen molar-refractivity contribution in [3.05, 3.63) is 41.8 Å². The normalized spacial score (nSPS) is 11.0. The van der Waals surface area contributed by atoms with Gasteiger partial charge in [-0.1, -0.05) is 0 Å². The largest absolute Gasteiger partial charge is 0.469 e. The Morgan fingerprint density at radius 3 is 2.96 bits per heavy atom. The Morgan fingerprint density at radius 1 is 1.32 bits per heavy atom. The molecule has 0 aliphatic heterocycles. The first kappa shape index (κ1) is 16.9. The monoisotopic (exact) mass is 343 g/mol. The lowest BCUT2D eigenvalue weighted by Crippen LogP contribution is -2.25. The minimum Gasteiger partial charge on any atom is -0.469 e. The van der Waals surface area contributed by atoms with Crippen LogP contribution in [-0.2, 0) is 24.2 Å². The average molecular weight is 343 g/mol. The van der Waals surface area contributed by atoms with Crippen molar-refractivity contribution < 1.29 is 13.6 Å². The van der Waals surface area contributed by atoms with Crippen molar-refractivity contribution >= 4 is 5.91 Å². The van der Waals surface area contributed by atoms with Crippen LogP contribution in [0.4, 0.5) is 0 Å². The van der Waals surface area contributed by atoms with Crippen LogP contribution in [0.5, 0.6) is 0 Å². The van der Waals surface area contributed by atoms with Gasteiger partial charge in [0.2, 0.25) is 11.8 Å². The van der Waals surface area contributed by atoms with E-state index < -0.39 is 0 Å². The number of nitrogens with zero attached hydrogens (tertiary/aromatic N) is 4. The summed E-state index contributed by atoms with van der Waals surface area (Å²) in [4.78, 5) is 11.9. The number of hydrogen-bond acceptors (Lipinski definition) is 6. The molecule has 0 aliphatic carbocycles. The van der Waals surface area contributed by atoms with Crippen LogP contribution in [-0.4, -0.2) is 32.4 Å². The maximum absolute atomic E-state index is 11.9. The van der Waals surface area contributed by atoms with Crippen LogP contribution in [0.15, 0.2) is 33.3 Å². The lowest BCUT2D eigenvalue weighted by molar-refractivity contribution is -0.121. The molecule has 25 heavy (non-hydrogen) atoms. The van der Waals surface area contributed by atoms with Crippen LogP contribution in [0.2, 0.25) is 0 Å². The molecule has 0 aromatic carbocycles. The topological polar surface area (TPSA) is 99.0 Å². The Hall–Kier alpha value is -2.90. The first-order valence-corrected chi connectivity index (χ1v) is 8.32. The van der Waals surface area contributed by atoms with Gasteiger partial charge in [-0.2, -0.15) is 5.10 Å². The molecule has 0 fully saturated rings. The van der Waals surface area contributed by atoms with Gasteiger partial charge in [0.25, 0.3) is 5.89 Å². The molecule has 0 spiro atoms. The number of amides is 1. The molecule has 1 amide bonds. The van der Waals surface area contributed by atoms with Crippen molar-refractivity contribution in [2.75, 3.05) is 6.54 Å². The van der Waals surface area contributed by atoms with E-state index in [4.69, 9.17) is 8.83 Å². The highest BCUT2D eigenvalue weighted by atomic mass is 16.4. The molecule has 0 saturated heterocycles. The number of rotatable bonds is 8. The SMILES string of the molecule is CCn1nc(C)cc1-c1nnc(CCC(=O)NCCc2ccco2)o1. The van der Waals surface area contributed by atoms with E-state index >= 15 is 0 Å². The van der Waals surface area contributed by atoms with Gasteiger partial charge < -0.3 is 14.2 Å². The molecule has 0 unspecified atom stereocenters. The Morgan fingerprint density at radius 2 is 2.20 bits per heavy atom. The van der Waals surface area contributed by atoms with Crippen LogP contribution in [0, 0.1) is 6.92 Å². The van der Waals surface area contributed by atoms with E-state index in [0.717, 1.165) is 23.7 Å². The summed E-state index contributed by atoms with van der Waals surface area (Å²) < 4.78 is 12.7. The third-order valence-corrected chi connectivity index (χ3v) is 3.73. The van der Waals surface area contributed by atoms with Crippen molar-refractivity contribution in [3.63, 3.8) is 0 Å². The fourth-order valence-electron chi connectivity index (χ4n) is 2.51. The maximum Gasteiger partial charge on any atom is 0.265 e. The molecule has 132 valence electrons. The van der Waals surface area contributed by atoms with Gasteiger partial charge in [0, 0.05) is 32.4 Å². The summed E-state index contributed by atoms with van der Waals surface area (Å²) in [5.41, 5.74) is 1.69. The summed E-state index contributed by atoms with van der Waals surface area (Å²) in [6.07, 6.45) is 2.99. The van der Waals surface area contributed by atoms with Gasteiger partial charge in [-0.3, -0.25) is 9.48 Å². The van der Waals surface area contributed by atoms with E-state index in [9.17, 15) is 4.79 Å². The first-order valence-electron chi connectivity index (χ1n) is 8.32. The van der Waals surface area contributed by atoms with Crippen molar-refractivity contribution in [2.45, 2.75) is 39.7 Å². The molecule has 8 nitrogen and oxygen atoms in total. The molecule has 3 aromatic heterocycles. The minimum atomic E-state index is -0.0549. The number of carbonyl (C=O) groups excluding carboxylic acids is 1. The third-order valence-electron chi connectivity index (χ3n) is 3.73. The summed E-state index contributed by atoms with van der Waals surface area (Å²) in [7, 11) is 0. The zero-order valence-corrected chi connectivity index (χ0v) is 14.4. The third kappa shape index (κ3) is 4.34. The summed E-state index contributed by atoms with van der Waals surface area (Å²) in [5, 5.41) is 15.3. The van der Waals surface area contributed by atoms with Crippen molar-refractivity contribution in [1.29, 1.82) is 0 Å². The van der Waals surface area contributed by atoms with Gasteiger partial charge >= 0.3 is 0 Å². The molecule has 0 saturated carbocycles. The van der Waals surface area contributed by atoms with Gasteiger partial charge in [-0.15, -0.1) is 10.2 Å². The smallest absolute Gasteiger partial charge is 0.265 e. The molecule has 0 aliphatic rings. The number of carbonyl (C=O) groups is 1. The van der Waals surface area contributed by atoms with E-state index in [-0.39, 0.29) is 5.91 Å². The number of furan rings is 1. The van der Waals surface area contributed by atoms with Crippen molar-refractivity contribution in [3.8, 4) is 11.6 Å². The van der Waals surface area contributed by atoms with E-state index in [1.54, 1.807) is 6.26 Å². The van der Waals surface area contributed by atoms with Gasteiger partial charge in [-0.05, 0) is 32.0 Å². The van der Waals surface area contributed by atoms with Crippen molar-refractivity contribution in [2.24, 2.45) is 0 Å². The standard InChI is InChI=1S/C17H21N5O3/c1-3-22-14(11-12(2)21-22)17-20-19-16(25-17)7-6-15(23)18-9-8-13-5-4-10-24-13/h4-5,10-11H,3,6-9H2,1-2H3,(H,18,23). The number of aromatic nitrogens is 4. The minimum absolute atomic E-state index is 0.0549. The van der Waals surface area contributed by atoms with Crippen molar-refractivity contribution in [1.82, 2.24) is 25.3 Å². The Balaban J connectivity index is 1.49. The first-order chi connectivity index (χ1) is 12.2. The van der Waals surface area contributed by atoms with E-state index in [1.807, 2.05) is 36.7 Å². The Kier molecular flexibility index (Phi) is 5.27. The lowest BCUT2D eigenvalue weighted by atomic mass is 10.3. The Labute approximate surface area is 145 Å². The molecule has 3 rings (SSSR count). The van der Waals surface area contributed by atoms with Crippen LogP contribution < -0.4 is 5.32 Å². The highest BCUT2D eigenvalue weighted by Crippen LogP contribution is 2.19. The number of aryl methyl sites for hydroxylation is 3. The zero-order valence-electron chi connectivity index (χ0n) is 14.4. The molecule has 1 N–H and O–H groups in total. The molecule has 8 heteroatoms. The second-order valence-corrected chi connectivity index (χ2v) is 5.67. The summed E-state index contributed by atoms with van der Waals surface area (Å²) in [6, 6.07) is 5.62. The van der Waals surface area contributed by atoms with Gasteiger partial charge in [0.05, 0.1) is 12.0 Å². The Bertz CT molecular complexity index is 819. The van der Waals surface area contributed by atoms with E-state index in [1.165, 1.54) is 0 Å². The van der Waals surface area contributed by atoms with E-state index in [0.29, 0.717) is 37.6 Å². The summed E-state index contributed by atoms with van der Waals surface area (Å²) in [5.74, 6) is 1.67.